The summed E-state index contributed by atoms with van der Waals surface area (Å²) in [6.45, 7) is 2.07. The van der Waals surface area contributed by atoms with E-state index in [2.05, 4.69) is 15.3 Å². The molecule has 0 atom stereocenters. The highest BCUT2D eigenvalue weighted by Gasteiger charge is 2.10. The Balaban J connectivity index is 1.87. The molecule has 3 aromatic rings. The second-order valence-corrected chi connectivity index (χ2v) is 5.20. The third-order valence-electron chi connectivity index (χ3n) is 3.18. The van der Waals surface area contributed by atoms with Gasteiger partial charge in [-0.25, -0.2) is 14.2 Å². The number of imidazole rings is 1. The van der Waals surface area contributed by atoms with Crippen LogP contribution < -0.4 is 5.32 Å². The molecule has 2 aromatic carbocycles. The summed E-state index contributed by atoms with van der Waals surface area (Å²) in [7, 11) is 0. The van der Waals surface area contributed by atoms with Crippen molar-refractivity contribution in [2.24, 2.45) is 0 Å². The molecule has 3 rings (SSSR count). The first-order chi connectivity index (χ1) is 11.1. The van der Waals surface area contributed by atoms with E-state index in [1.807, 2.05) is 0 Å². The first kappa shape index (κ1) is 15.3. The van der Waals surface area contributed by atoms with Gasteiger partial charge in [-0.3, -0.25) is 0 Å². The number of nitrogens with zero attached hydrogens (tertiary/aromatic N) is 1. The number of fused-ring (bicyclic) bond motifs is 1. The van der Waals surface area contributed by atoms with Crippen molar-refractivity contribution >= 4 is 40.2 Å². The summed E-state index contributed by atoms with van der Waals surface area (Å²) < 4.78 is 18.1. The highest BCUT2D eigenvalue weighted by Crippen LogP contribution is 2.23. The van der Waals surface area contributed by atoms with E-state index in [0.717, 1.165) is 0 Å². The summed E-state index contributed by atoms with van der Waals surface area (Å²) in [5.74, 6) is -0.409. The van der Waals surface area contributed by atoms with Crippen LogP contribution in [0.25, 0.3) is 11.0 Å². The highest BCUT2D eigenvalue weighted by molar-refractivity contribution is 6.31. The van der Waals surface area contributed by atoms with Crippen molar-refractivity contribution in [2.45, 2.75) is 6.92 Å². The second-order valence-electron chi connectivity index (χ2n) is 4.79. The molecule has 0 amide bonds. The van der Waals surface area contributed by atoms with Crippen LogP contribution in [0.15, 0.2) is 36.4 Å². The Labute approximate surface area is 136 Å². The predicted molar refractivity (Wildman–Crippen MR) is 86.7 cm³/mol. The molecule has 5 nitrogen and oxygen atoms in total. The van der Waals surface area contributed by atoms with Crippen LogP contribution >= 0.6 is 11.6 Å². The van der Waals surface area contributed by atoms with Crippen molar-refractivity contribution in [1.29, 1.82) is 0 Å². The largest absolute Gasteiger partial charge is 0.462 e. The van der Waals surface area contributed by atoms with Gasteiger partial charge in [0.1, 0.15) is 5.82 Å². The summed E-state index contributed by atoms with van der Waals surface area (Å²) in [6.07, 6.45) is 0. The number of H-pyrrole nitrogens is 1. The Hall–Kier alpha value is -2.60. The van der Waals surface area contributed by atoms with Crippen molar-refractivity contribution in [2.75, 3.05) is 11.9 Å². The lowest BCUT2D eigenvalue weighted by atomic mass is 10.2. The van der Waals surface area contributed by atoms with Gasteiger partial charge in [-0.15, -0.1) is 0 Å². The van der Waals surface area contributed by atoms with Gasteiger partial charge in [0.15, 0.2) is 0 Å². The molecule has 2 N–H and O–H groups in total. The van der Waals surface area contributed by atoms with Crippen LogP contribution in [-0.2, 0) is 4.74 Å². The molecule has 0 unspecified atom stereocenters. The Morgan fingerprint density at radius 3 is 2.91 bits per heavy atom. The average Bonchev–Trinajstić information content (AvgIpc) is 2.92. The molecule has 118 valence electrons. The van der Waals surface area contributed by atoms with Gasteiger partial charge in [0.2, 0.25) is 5.95 Å². The van der Waals surface area contributed by atoms with Crippen molar-refractivity contribution in [1.82, 2.24) is 9.97 Å². The number of hydrogen-bond acceptors (Lipinski definition) is 4. The molecular weight excluding hydrogens is 321 g/mol. The topological polar surface area (TPSA) is 67.0 Å². The number of carbonyl (C=O) groups excluding carboxylic acids is 1. The van der Waals surface area contributed by atoms with Crippen LogP contribution in [0.2, 0.25) is 5.02 Å². The maximum atomic E-state index is 13.2. The van der Waals surface area contributed by atoms with Gasteiger partial charge in [0.05, 0.1) is 28.2 Å². The van der Waals surface area contributed by atoms with E-state index in [1.165, 1.54) is 12.1 Å². The monoisotopic (exact) mass is 333 g/mol. The number of esters is 1. The maximum absolute atomic E-state index is 13.2. The number of carbonyl (C=O) groups is 1. The zero-order chi connectivity index (χ0) is 16.4. The fourth-order valence-corrected chi connectivity index (χ4v) is 2.30. The standard InChI is InChI=1S/C16H13ClFN3O2/c1-2-23-15(22)9-3-6-13-14(7-9)21-16(20-13)19-10-4-5-12(18)11(17)8-10/h3-8H,2H2,1H3,(H2,19,20,21). The minimum atomic E-state index is -0.485. The Morgan fingerprint density at radius 1 is 1.35 bits per heavy atom. The third kappa shape index (κ3) is 3.27. The van der Waals surface area contributed by atoms with Crippen LogP contribution in [0, 0.1) is 5.82 Å². The highest BCUT2D eigenvalue weighted by atomic mass is 35.5. The Bertz CT molecular complexity index is 879. The van der Waals surface area contributed by atoms with Crippen LogP contribution in [0.3, 0.4) is 0 Å². The summed E-state index contributed by atoms with van der Waals surface area (Å²) >= 11 is 5.75. The quantitative estimate of drug-likeness (QED) is 0.699. The molecule has 1 aromatic heterocycles. The molecule has 7 heteroatoms. The van der Waals surface area contributed by atoms with Gasteiger partial charge < -0.3 is 15.0 Å². The average molecular weight is 334 g/mol. The SMILES string of the molecule is CCOC(=O)c1ccc2nc(Nc3ccc(F)c(Cl)c3)[nH]c2c1. The normalized spacial score (nSPS) is 10.7. The van der Waals surface area contributed by atoms with E-state index in [1.54, 1.807) is 31.2 Å². The van der Waals surface area contributed by atoms with Gasteiger partial charge >= 0.3 is 5.97 Å². The second kappa shape index (κ2) is 6.26. The molecule has 0 saturated carbocycles. The van der Waals surface area contributed by atoms with Crippen LogP contribution in [0.5, 0.6) is 0 Å². The summed E-state index contributed by atoms with van der Waals surface area (Å²) in [4.78, 5) is 19.1. The molecule has 0 fully saturated rings. The number of halogens is 2. The number of aromatic nitrogens is 2. The number of hydrogen-bond donors (Lipinski definition) is 2. The molecule has 0 aliphatic carbocycles. The first-order valence-electron chi connectivity index (χ1n) is 6.96. The van der Waals surface area contributed by atoms with Crippen molar-refractivity contribution in [3.8, 4) is 0 Å². The molecule has 23 heavy (non-hydrogen) atoms. The summed E-state index contributed by atoms with van der Waals surface area (Å²) in [5, 5.41) is 3.03. The lowest BCUT2D eigenvalue weighted by Crippen LogP contribution is -2.04. The number of benzene rings is 2. The molecule has 0 radical (unpaired) electrons. The first-order valence-corrected chi connectivity index (χ1v) is 7.33. The molecule has 0 spiro atoms. The van der Waals surface area contributed by atoms with Gasteiger partial charge in [-0.2, -0.15) is 0 Å². The number of aromatic amines is 1. The van der Waals surface area contributed by atoms with Crippen molar-refractivity contribution in [3.63, 3.8) is 0 Å². The number of nitrogens with one attached hydrogen (secondary N) is 2. The molecule has 1 heterocycles. The number of rotatable bonds is 4. The maximum Gasteiger partial charge on any atom is 0.338 e. The summed E-state index contributed by atoms with van der Waals surface area (Å²) in [6, 6.07) is 9.34. The van der Waals surface area contributed by atoms with Gasteiger partial charge in [-0.1, -0.05) is 11.6 Å². The van der Waals surface area contributed by atoms with E-state index in [9.17, 15) is 9.18 Å². The summed E-state index contributed by atoms with van der Waals surface area (Å²) in [5.41, 5.74) is 2.42. The molecule has 0 aliphatic heterocycles. The minimum absolute atomic E-state index is 0.0238. The van der Waals surface area contributed by atoms with E-state index in [4.69, 9.17) is 16.3 Å². The fraction of sp³-hybridized carbons (Fsp3) is 0.125. The molecule has 0 bridgehead atoms. The van der Waals surface area contributed by atoms with Gasteiger partial charge in [0, 0.05) is 5.69 Å². The predicted octanol–water partition coefficient (Wildman–Crippen LogP) is 4.28. The fourth-order valence-electron chi connectivity index (χ4n) is 2.12. The van der Waals surface area contributed by atoms with Crippen molar-refractivity contribution in [3.05, 3.63) is 52.8 Å². The zero-order valence-electron chi connectivity index (χ0n) is 12.2. The molecular formula is C16H13ClFN3O2. The van der Waals surface area contributed by atoms with E-state index < -0.39 is 5.82 Å². The van der Waals surface area contributed by atoms with Crippen LogP contribution in [0.4, 0.5) is 16.0 Å². The number of anilines is 2. The van der Waals surface area contributed by atoms with Crippen LogP contribution in [0.1, 0.15) is 17.3 Å². The van der Waals surface area contributed by atoms with Crippen LogP contribution in [-0.4, -0.2) is 22.5 Å². The number of ether oxygens (including phenoxy) is 1. The lowest BCUT2D eigenvalue weighted by Gasteiger charge is -2.03. The van der Waals surface area contributed by atoms with Gasteiger partial charge in [-0.05, 0) is 43.3 Å². The zero-order valence-corrected chi connectivity index (χ0v) is 12.9. The molecule has 0 saturated heterocycles. The van der Waals surface area contributed by atoms with E-state index in [0.29, 0.717) is 34.8 Å². The van der Waals surface area contributed by atoms with E-state index in [-0.39, 0.29) is 11.0 Å². The molecule has 0 aliphatic rings. The van der Waals surface area contributed by atoms with Crippen molar-refractivity contribution < 1.29 is 13.9 Å². The smallest absolute Gasteiger partial charge is 0.338 e. The third-order valence-corrected chi connectivity index (χ3v) is 3.47. The van der Waals surface area contributed by atoms with E-state index >= 15 is 0 Å². The Morgan fingerprint density at radius 2 is 2.17 bits per heavy atom. The Kier molecular flexibility index (Phi) is 4.16. The minimum Gasteiger partial charge on any atom is -0.462 e. The van der Waals surface area contributed by atoms with Gasteiger partial charge in [0.25, 0.3) is 0 Å². The lowest BCUT2D eigenvalue weighted by molar-refractivity contribution is 0.0526.